The second-order valence-electron chi connectivity index (χ2n) is 6.67. The van der Waals surface area contributed by atoms with Crippen molar-refractivity contribution in [1.29, 1.82) is 5.26 Å². The molecule has 1 aliphatic carbocycles. The fraction of sp³-hybridized carbons (Fsp3) is 0.174. The van der Waals surface area contributed by atoms with Crippen molar-refractivity contribution in [2.45, 2.75) is 26.2 Å². The van der Waals surface area contributed by atoms with Crippen LogP contribution < -0.4 is 0 Å². The molecule has 0 N–H and O–H groups in total. The molecule has 0 atom stereocenters. The van der Waals surface area contributed by atoms with Gasteiger partial charge in [0.05, 0.1) is 5.56 Å². The van der Waals surface area contributed by atoms with Crippen LogP contribution in [0.5, 0.6) is 0 Å². The van der Waals surface area contributed by atoms with Crippen molar-refractivity contribution < 1.29 is 8.78 Å². The standard InChI is InChI=1S/C23H17F2N/c1-2-3-14-6-9-20-19-8-7-15(10-18(19)11-21(20)23(14)25)16-4-5-17(13-26)22(24)12-16/h4-10,12H,2-3,11H2,1H3. The van der Waals surface area contributed by atoms with E-state index in [1.165, 1.54) is 12.1 Å². The zero-order chi connectivity index (χ0) is 18.3. The van der Waals surface area contributed by atoms with Crippen molar-refractivity contribution >= 4 is 0 Å². The molecular weight excluding hydrogens is 328 g/mol. The smallest absolute Gasteiger partial charge is 0.141 e. The number of benzene rings is 3. The number of fused-ring (bicyclic) bond motifs is 3. The third-order valence-corrected chi connectivity index (χ3v) is 5.03. The lowest BCUT2D eigenvalue weighted by molar-refractivity contribution is 0.596. The molecule has 0 saturated heterocycles. The Balaban J connectivity index is 1.75. The molecule has 0 spiro atoms. The highest BCUT2D eigenvalue weighted by molar-refractivity contribution is 5.80. The summed E-state index contributed by atoms with van der Waals surface area (Å²) in [5.74, 6) is -0.615. The molecule has 0 unspecified atom stereocenters. The maximum Gasteiger partial charge on any atom is 0.141 e. The highest BCUT2D eigenvalue weighted by atomic mass is 19.1. The number of nitrogens with zero attached hydrogens (tertiary/aromatic N) is 1. The van der Waals surface area contributed by atoms with Gasteiger partial charge in [-0.05, 0) is 51.9 Å². The van der Waals surface area contributed by atoms with Gasteiger partial charge in [0, 0.05) is 12.0 Å². The molecule has 3 aromatic carbocycles. The van der Waals surface area contributed by atoms with Gasteiger partial charge in [0.25, 0.3) is 0 Å². The number of halogens is 2. The summed E-state index contributed by atoms with van der Waals surface area (Å²) in [6.45, 7) is 2.05. The van der Waals surface area contributed by atoms with Crippen LogP contribution in [-0.2, 0) is 12.8 Å². The number of hydrogen-bond acceptors (Lipinski definition) is 1. The molecule has 1 nitrogen and oxygen atoms in total. The van der Waals surface area contributed by atoms with E-state index in [1.807, 2.05) is 43.3 Å². The molecule has 0 amide bonds. The van der Waals surface area contributed by atoms with Crippen LogP contribution in [0.1, 0.15) is 35.6 Å². The van der Waals surface area contributed by atoms with E-state index in [-0.39, 0.29) is 11.4 Å². The van der Waals surface area contributed by atoms with Crippen molar-refractivity contribution in [3.8, 4) is 28.3 Å². The van der Waals surface area contributed by atoms with Gasteiger partial charge < -0.3 is 0 Å². The van der Waals surface area contributed by atoms with Crippen LogP contribution in [0, 0.1) is 23.0 Å². The van der Waals surface area contributed by atoms with Crippen LogP contribution in [0.4, 0.5) is 8.78 Å². The predicted molar refractivity (Wildman–Crippen MR) is 98.7 cm³/mol. The van der Waals surface area contributed by atoms with Crippen LogP contribution >= 0.6 is 0 Å². The normalized spacial score (nSPS) is 11.8. The average molecular weight is 345 g/mol. The van der Waals surface area contributed by atoms with Crippen molar-refractivity contribution in [2.24, 2.45) is 0 Å². The maximum absolute atomic E-state index is 14.8. The van der Waals surface area contributed by atoms with Crippen molar-refractivity contribution in [3.05, 3.63) is 82.4 Å². The third kappa shape index (κ3) is 2.59. The Labute approximate surface area is 151 Å². The summed E-state index contributed by atoms with van der Waals surface area (Å²) in [6, 6.07) is 16.2. The minimum absolute atomic E-state index is 0.0350. The number of nitriles is 1. The van der Waals surface area contributed by atoms with E-state index < -0.39 is 5.82 Å². The van der Waals surface area contributed by atoms with Crippen LogP contribution in [0.25, 0.3) is 22.3 Å². The molecule has 0 fully saturated rings. The molecular formula is C23H17F2N. The molecule has 1 aliphatic rings. The molecule has 4 rings (SSSR count). The SMILES string of the molecule is CCCc1ccc2c(c1F)Cc1cc(-c3ccc(C#N)c(F)c3)ccc1-2. The first kappa shape index (κ1) is 16.5. The largest absolute Gasteiger partial charge is 0.206 e. The number of aryl methyl sites for hydroxylation is 1. The summed E-state index contributed by atoms with van der Waals surface area (Å²) in [6.07, 6.45) is 2.21. The summed E-state index contributed by atoms with van der Waals surface area (Å²) in [5.41, 5.74) is 6.20. The topological polar surface area (TPSA) is 23.8 Å². The van der Waals surface area contributed by atoms with Gasteiger partial charge in [0.15, 0.2) is 0 Å². The average Bonchev–Trinajstić information content (AvgIpc) is 3.02. The lowest BCUT2D eigenvalue weighted by Gasteiger charge is -2.07. The molecule has 128 valence electrons. The van der Waals surface area contributed by atoms with E-state index in [9.17, 15) is 8.78 Å². The zero-order valence-corrected chi connectivity index (χ0v) is 14.4. The minimum atomic E-state index is -0.524. The molecule has 0 bridgehead atoms. The van der Waals surface area contributed by atoms with E-state index in [0.717, 1.165) is 46.2 Å². The summed E-state index contributed by atoms with van der Waals surface area (Å²) >= 11 is 0. The number of hydrogen-bond donors (Lipinski definition) is 0. The first-order valence-corrected chi connectivity index (χ1v) is 8.76. The van der Waals surface area contributed by atoms with Crippen LogP contribution in [0.3, 0.4) is 0 Å². The summed E-state index contributed by atoms with van der Waals surface area (Å²) in [5, 5.41) is 8.87. The van der Waals surface area contributed by atoms with Gasteiger partial charge in [-0.2, -0.15) is 5.26 Å². The van der Waals surface area contributed by atoms with E-state index >= 15 is 0 Å². The van der Waals surface area contributed by atoms with Crippen LogP contribution in [0.15, 0.2) is 48.5 Å². The summed E-state index contributed by atoms with van der Waals surface area (Å²) in [4.78, 5) is 0. The molecule has 0 radical (unpaired) electrons. The zero-order valence-electron chi connectivity index (χ0n) is 14.4. The van der Waals surface area contributed by atoms with Gasteiger partial charge in [-0.1, -0.05) is 49.7 Å². The van der Waals surface area contributed by atoms with Crippen molar-refractivity contribution in [3.63, 3.8) is 0 Å². The minimum Gasteiger partial charge on any atom is -0.206 e. The lowest BCUT2D eigenvalue weighted by atomic mass is 9.98. The Morgan fingerprint density at radius 2 is 1.69 bits per heavy atom. The Kier molecular flexibility index (Phi) is 4.05. The van der Waals surface area contributed by atoms with Gasteiger partial charge in [-0.25, -0.2) is 8.78 Å². The highest BCUT2D eigenvalue weighted by Crippen LogP contribution is 2.40. The van der Waals surface area contributed by atoms with E-state index in [0.29, 0.717) is 12.0 Å². The monoisotopic (exact) mass is 345 g/mol. The maximum atomic E-state index is 14.8. The fourth-order valence-corrected chi connectivity index (χ4v) is 3.72. The Morgan fingerprint density at radius 1 is 0.962 bits per heavy atom. The van der Waals surface area contributed by atoms with Gasteiger partial charge in [0.2, 0.25) is 0 Å². The molecule has 0 aromatic heterocycles. The molecule has 0 aliphatic heterocycles. The third-order valence-electron chi connectivity index (χ3n) is 5.03. The van der Waals surface area contributed by atoms with Crippen molar-refractivity contribution in [2.75, 3.05) is 0 Å². The number of rotatable bonds is 3. The quantitative estimate of drug-likeness (QED) is 0.445. The van der Waals surface area contributed by atoms with Gasteiger partial charge in [0.1, 0.15) is 17.7 Å². The molecule has 0 saturated carbocycles. The van der Waals surface area contributed by atoms with Gasteiger partial charge >= 0.3 is 0 Å². The Hall–Kier alpha value is -2.99. The molecule has 3 aromatic rings. The predicted octanol–water partition coefficient (Wildman–Crippen LogP) is 6.03. The van der Waals surface area contributed by atoms with E-state index in [2.05, 4.69) is 0 Å². The van der Waals surface area contributed by atoms with E-state index in [4.69, 9.17) is 5.26 Å². The van der Waals surface area contributed by atoms with E-state index in [1.54, 1.807) is 6.07 Å². The van der Waals surface area contributed by atoms with Gasteiger partial charge in [-0.3, -0.25) is 0 Å². The first-order chi connectivity index (χ1) is 12.6. The summed E-state index contributed by atoms with van der Waals surface area (Å²) < 4.78 is 28.7. The van der Waals surface area contributed by atoms with Crippen LogP contribution in [0.2, 0.25) is 0 Å². The second-order valence-corrected chi connectivity index (χ2v) is 6.67. The molecule has 26 heavy (non-hydrogen) atoms. The summed E-state index contributed by atoms with van der Waals surface area (Å²) in [7, 11) is 0. The van der Waals surface area contributed by atoms with Crippen LogP contribution in [-0.4, -0.2) is 0 Å². The fourth-order valence-electron chi connectivity index (χ4n) is 3.72. The Morgan fingerprint density at radius 3 is 2.42 bits per heavy atom. The lowest BCUT2D eigenvalue weighted by Crippen LogP contribution is -1.95. The second kappa shape index (κ2) is 6.38. The highest BCUT2D eigenvalue weighted by Gasteiger charge is 2.23. The Bertz CT molecular complexity index is 1060. The molecule has 3 heteroatoms. The van der Waals surface area contributed by atoms with Crippen molar-refractivity contribution in [1.82, 2.24) is 0 Å². The first-order valence-electron chi connectivity index (χ1n) is 8.76. The van der Waals surface area contributed by atoms with Gasteiger partial charge in [-0.15, -0.1) is 0 Å². The molecule has 0 heterocycles.